The van der Waals surface area contributed by atoms with Crippen LogP contribution in [0, 0.1) is 6.92 Å². The smallest absolute Gasteiger partial charge is 0.0528 e. The molecule has 0 atom stereocenters. The van der Waals surface area contributed by atoms with E-state index in [1.807, 2.05) is 32.3 Å². The quantitative estimate of drug-likeness (QED) is 0.601. The molecule has 0 aliphatic carbocycles. The van der Waals surface area contributed by atoms with Gasteiger partial charge in [-0.25, -0.2) is 0 Å². The lowest BCUT2D eigenvalue weighted by atomic mass is 10.3. The summed E-state index contributed by atoms with van der Waals surface area (Å²) in [5, 5.41) is 1.30. The molecule has 2 aromatic rings. The topological polar surface area (TPSA) is 12.9 Å². The zero-order valence-electron chi connectivity index (χ0n) is 7.66. The van der Waals surface area contributed by atoms with Crippen molar-refractivity contribution in [2.24, 2.45) is 0 Å². The van der Waals surface area contributed by atoms with Crippen molar-refractivity contribution >= 4 is 21.4 Å². The predicted octanol–water partition coefficient (Wildman–Crippen LogP) is 3.63. The van der Waals surface area contributed by atoms with Crippen LogP contribution < -0.4 is 0 Å². The van der Waals surface area contributed by atoms with Gasteiger partial charge in [0, 0.05) is 17.3 Å². The van der Waals surface area contributed by atoms with Gasteiger partial charge in [0.2, 0.25) is 0 Å². The average Bonchev–Trinajstić information content (AvgIpc) is 2.48. The maximum atomic E-state index is 4.04. The molecule has 2 rings (SSSR count). The zero-order valence-corrected chi connectivity index (χ0v) is 8.48. The lowest BCUT2D eigenvalue weighted by molar-refractivity contribution is 1.37. The van der Waals surface area contributed by atoms with Gasteiger partial charge in [-0.15, -0.1) is 11.3 Å². The molecule has 0 radical (unpaired) electrons. The molecule has 0 fully saturated rings. The van der Waals surface area contributed by atoms with Crippen molar-refractivity contribution in [3.63, 3.8) is 0 Å². The maximum Gasteiger partial charge on any atom is 0.0528 e. The maximum absolute atomic E-state index is 4.04. The third-order valence-corrected chi connectivity index (χ3v) is 2.45. The average molecular weight is 179 g/mol. The number of fused-ring (bicyclic) bond motifs is 1. The SMILES string of the molecule is CC.Cc1cc2ccncc2s1. The van der Waals surface area contributed by atoms with Crippen LogP contribution in [0.25, 0.3) is 10.1 Å². The number of aromatic nitrogens is 1. The Labute approximate surface area is 77.1 Å². The Bertz CT molecular complexity index is 318. The molecule has 1 nitrogen and oxygen atoms in total. The van der Waals surface area contributed by atoms with Crippen LogP contribution in [0.1, 0.15) is 18.7 Å². The lowest BCUT2D eigenvalue weighted by Crippen LogP contribution is -1.64. The van der Waals surface area contributed by atoms with Crippen LogP contribution in [0.5, 0.6) is 0 Å². The van der Waals surface area contributed by atoms with E-state index >= 15 is 0 Å². The molecule has 0 aromatic carbocycles. The van der Waals surface area contributed by atoms with Crippen molar-refractivity contribution in [1.82, 2.24) is 4.98 Å². The van der Waals surface area contributed by atoms with Crippen LogP contribution in [0.2, 0.25) is 0 Å². The van der Waals surface area contributed by atoms with Gasteiger partial charge in [0.05, 0.1) is 4.70 Å². The fourth-order valence-electron chi connectivity index (χ4n) is 1.02. The van der Waals surface area contributed by atoms with E-state index in [4.69, 9.17) is 0 Å². The molecule has 0 bridgehead atoms. The molecule has 12 heavy (non-hydrogen) atoms. The number of rotatable bonds is 0. The first-order chi connectivity index (χ1) is 5.86. The first kappa shape index (κ1) is 9.20. The molecular formula is C10H13NS. The molecule has 64 valence electrons. The molecule has 0 spiro atoms. The summed E-state index contributed by atoms with van der Waals surface area (Å²) >= 11 is 1.79. The number of thiophene rings is 1. The minimum Gasteiger partial charge on any atom is -0.263 e. The van der Waals surface area contributed by atoms with Gasteiger partial charge in [0.1, 0.15) is 0 Å². The van der Waals surface area contributed by atoms with Gasteiger partial charge in [-0.1, -0.05) is 13.8 Å². The summed E-state index contributed by atoms with van der Waals surface area (Å²) in [5.74, 6) is 0. The van der Waals surface area contributed by atoms with Crippen molar-refractivity contribution in [3.05, 3.63) is 29.4 Å². The number of hydrogen-bond acceptors (Lipinski definition) is 2. The summed E-state index contributed by atoms with van der Waals surface area (Å²) in [6.45, 7) is 6.12. The van der Waals surface area contributed by atoms with E-state index in [9.17, 15) is 0 Å². The molecular weight excluding hydrogens is 166 g/mol. The molecule has 2 heteroatoms. The summed E-state index contributed by atoms with van der Waals surface area (Å²) in [6, 6.07) is 4.22. The van der Waals surface area contributed by atoms with Crippen LogP contribution >= 0.6 is 11.3 Å². The van der Waals surface area contributed by atoms with Crippen molar-refractivity contribution < 1.29 is 0 Å². The Morgan fingerprint density at radius 1 is 1.33 bits per heavy atom. The Kier molecular flexibility index (Phi) is 3.23. The first-order valence-electron chi connectivity index (χ1n) is 4.16. The van der Waals surface area contributed by atoms with Gasteiger partial charge < -0.3 is 0 Å². The second-order valence-corrected chi connectivity index (χ2v) is 3.56. The molecule has 0 aliphatic rings. The van der Waals surface area contributed by atoms with E-state index in [2.05, 4.69) is 18.0 Å². The fraction of sp³-hybridized carbons (Fsp3) is 0.300. The minimum atomic E-state index is 1.28. The van der Waals surface area contributed by atoms with Crippen molar-refractivity contribution in [3.8, 4) is 0 Å². The standard InChI is InChI=1S/C8H7NS.C2H6/c1-6-4-7-2-3-9-5-8(7)10-6;1-2/h2-5H,1H3;1-2H3. The normalized spacial score (nSPS) is 9.25. The van der Waals surface area contributed by atoms with E-state index in [-0.39, 0.29) is 0 Å². The Hall–Kier alpha value is -0.890. The van der Waals surface area contributed by atoms with Gasteiger partial charge in [0.15, 0.2) is 0 Å². The van der Waals surface area contributed by atoms with Gasteiger partial charge in [0.25, 0.3) is 0 Å². The number of aryl methyl sites for hydroxylation is 1. The Morgan fingerprint density at radius 2 is 2.08 bits per heavy atom. The summed E-state index contributed by atoms with van der Waals surface area (Å²) in [6.07, 6.45) is 3.74. The number of pyridine rings is 1. The van der Waals surface area contributed by atoms with Crippen LogP contribution in [0.3, 0.4) is 0 Å². The predicted molar refractivity (Wildman–Crippen MR) is 55.7 cm³/mol. The molecule has 2 aromatic heterocycles. The summed E-state index contributed by atoms with van der Waals surface area (Å²) in [4.78, 5) is 5.39. The first-order valence-corrected chi connectivity index (χ1v) is 4.98. The molecule has 0 saturated carbocycles. The van der Waals surface area contributed by atoms with E-state index < -0.39 is 0 Å². The highest BCUT2D eigenvalue weighted by Crippen LogP contribution is 2.22. The third-order valence-electron chi connectivity index (χ3n) is 1.45. The second-order valence-electron chi connectivity index (χ2n) is 2.27. The van der Waals surface area contributed by atoms with Gasteiger partial charge in [-0.3, -0.25) is 4.98 Å². The Morgan fingerprint density at radius 3 is 2.75 bits per heavy atom. The van der Waals surface area contributed by atoms with Crippen LogP contribution in [0.4, 0.5) is 0 Å². The fourth-order valence-corrected chi connectivity index (χ4v) is 1.91. The molecule has 0 aliphatic heterocycles. The highest BCUT2D eigenvalue weighted by molar-refractivity contribution is 7.18. The molecule has 0 N–H and O–H groups in total. The van der Waals surface area contributed by atoms with Gasteiger partial charge in [-0.2, -0.15) is 0 Å². The third kappa shape index (κ3) is 1.83. The number of hydrogen-bond donors (Lipinski definition) is 0. The summed E-state index contributed by atoms with van der Waals surface area (Å²) in [5.41, 5.74) is 0. The molecule has 2 heterocycles. The zero-order chi connectivity index (χ0) is 8.97. The largest absolute Gasteiger partial charge is 0.263 e. The van der Waals surface area contributed by atoms with Crippen molar-refractivity contribution in [2.75, 3.05) is 0 Å². The number of nitrogens with zero attached hydrogens (tertiary/aromatic N) is 1. The summed E-state index contributed by atoms with van der Waals surface area (Å²) in [7, 11) is 0. The highest BCUT2D eigenvalue weighted by Gasteiger charge is 1.94. The van der Waals surface area contributed by atoms with Crippen LogP contribution in [0.15, 0.2) is 24.5 Å². The molecule has 0 saturated heterocycles. The molecule has 0 unspecified atom stereocenters. The van der Waals surface area contributed by atoms with E-state index in [1.165, 1.54) is 15.0 Å². The van der Waals surface area contributed by atoms with Gasteiger partial charge in [-0.05, 0) is 24.4 Å². The van der Waals surface area contributed by atoms with Gasteiger partial charge >= 0.3 is 0 Å². The van der Waals surface area contributed by atoms with E-state index in [0.29, 0.717) is 0 Å². The van der Waals surface area contributed by atoms with Crippen LogP contribution in [-0.2, 0) is 0 Å². The monoisotopic (exact) mass is 179 g/mol. The van der Waals surface area contributed by atoms with E-state index in [0.717, 1.165) is 0 Å². The second kappa shape index (κ2) is 4.21. The molecule has 0 amide bonds. The highest BCUT2D eigenvalue weighted by atomic mass is 32.1. The van der Waals surface area contributed by atoms with Crippen molar-refractivity contribution in [1.29, 1.82) is 0 Å². The van der Waals surface area contributed by atoms with Crippen LogP contribution in [-0.4, -0.2) is 4.98 Å². The van der Waals surface area contributed by atoms with Crippen molar-refractivity contribution in [2.45, 2.75) is 20.8 Å². The lowest BCUT2D eigenvalue weighted by Gasteiger charge is -1.81. The Balaban J connectivity index is 0.000000336. The minimum absolute atomic E-state index is 1.28. The summed E-state index contributed by atoms with van der Waals surface area (Å²) < 4.78 is 1.28. The van der Waals surface area contributed by atoms with E-state index in [1.54, 1.807) is 11.3 Å².